The average Bonchev–Trinajstić information content (AvgIpc) is 3.26. The monoisotopic (exact) mass is 354 g/mol. The number of amides is 1. The highest BCUT2D eigenvalue weighted by molar-refractivity contribution is 5.82. The highest BCUT2D eigenvalue weighted by Crippen LogP contribution is 2.58. The van der Waals surface area contributed by atoms with E-state index in [1.165, 1.54) is 12.1 Å². The minimum absolute atomic E-state index is 0.0435. The molecule has 1 amide bonds. The van der Waals surface area contributed by atoms with Crippen LogP contribution in [0.3, 0.4) is 0 Å². The van der Waals surface area contributed by atoms with Crippen molar-refractivity contribution in [2.45, 2.75) is 44.7 Å². The number of benzene rings is 1. The van der Waals surface area contributed by atoms with Crippen molar-refractivity contribution in [1.29, 1.82) is 0 Å². The van der Waals surface area contributed by atoms with Gasteiger partial charge in [0.05, 0.1) is 5.56 Å². The first-order valence-electron chi connectivity index (χ1n) is 8.80. The predicted molar refractivity (Wildman–Crippen MR) is 90.1 cm³/mol. The Kier molecular flexibility index (Phi) is 4.60. The summed E-state index contributed by atoms with van der Waals surface area (Å²) in [6, 6.07) is 5.36. The highest BCUT2D eigenvalue weighted by atomic mass is 19.4. The normalized spacial score (nSPS) is 22.7. The van der Waals surface area contributed by atoms with E-state index in [2.05, 4.69) is 10.6 Å². The molecule has 0 aromatic heterocycles. The third kappa shape index (κ3) is 3.84. The molecule has 2 aliphatic rings. The third-order valence-corrected chi connectivity index (χ3v) is 5.78. The number of halogens is 3. The lowest BCUT2D eigenvalue weighted by atomic mass is 9.83. The molecule has 3 nitrogen and oxygen atoms in total. The first-order valence-corrected chi connectivity index (χ1v) is 8.80. The minimum Gasteiger partial charge on any atom is -0.355 e. The van der Waals surface area contributed by atoms with Crippen LogP contribution >= 0.6 is 0 Å². The molecule has 1 aliphatic heterocycles. The van der Waals surface area contributed by atoms with Crippen molar-refractivity contribution in [2.75, 3.05) is 19.6 Å². The van der Waals surface area contributed by atoms with Gasteiger partial charge in [0.25, 0.3) is 0 Å². The van der Waals surface area contributed by atoms with Crippen LogP contribution in [0.15, 0.2) is 24.3 Å². The molecular weight excluding hydrogens is 329 g/mol. The molecule has 1 aliphatic carbocycles. The molecule has 3 rings (SSSR count). The summed E-state index contributed by atoms with van der Waals surface area (Å²) >= 11 is 0. The molecule has 138 valence electrons. The number of alkyl halides is 3. The molecule has 0 bridgehead atoms. The fourth-order valence-electron chi connectivity index (χ4n) is 3.85. The molecule has 1 heterocycles. The maximum Gasteiger partial charge on any atom is 0.416 e. The van der Waals surface area contributed by atoms with Gasteiger partial charge in [0.1, 0.15) is 0 Å². The van der Waals surface area contributed by atoms with Crippen LogP contribution in [-0.4, -0.2) is 25.5 Å². The highest BCUT2D eigenvalue weighted by Gasteiger charge is 2.57. The van der Waals surface area contributed by atoms with E-state index >= 15 is 0 Å². The fraction of sp³-hybridized carbons (Fsp3) is 0.632. The summed E-state index contributed by atoms with van der Waals surface area (Å²) in [6.07, 6.45) is -1.36. The largest absolute Gasteiger partial charge is 0.416 e. The molecule has 1 saturated heterocycles. The van der Waals surface area contributed by atoms with E-state index in [9.17, 15) is 18.0 Å². The van der Waals surface area contributed by atoms with Gasteiger partial charge in [0.2, 0.25) is 5.91 Å². The lowest BCUT2D eigenvalue weighted by Crippen LogP contribution is -2.39. The van der Waals surface area contributed by atoms with Gasteiger partial charge in [-0.2, -0.15) is 13.2 Å². The first kappa shape index (κ1) is 18.2. The second-order valence-electron chi connectivity index (χ2n) is 8.05. The smallest absolute Gasteiger partial charge is 0.355 e. The van der Waals surface area contributed by atoms with Gasteiger partial charge >= 0.3 is 6.18 Å². The van der Waals surface area contributed by atoms with Crippen molar-refractivity contribution in [3.05, 3.63) is 35.4 Å². The Morgan fingerprint density at radius 1 is 1.24 bits per heavy atom. The van der Waals surface area contributed by atoms with Crippen LogP contribution in [0, 0.1) is 11.3 Å². The van der Waals surface area contributed by atoms with Crippen LogP contribution in [0.2, 0.25) is 0 Å². The standard InChI is InChI=1S/C19H25F3N2O/c1-17(2,13-4-3-5-14(10-13)19(20,21)22)12-24-16(25)15-11-18(15)6-8-23-9-7-18/h3-5,10,15,23H,6-9,11-12H2,1-2H3,(H,24,25). The number of carbonyl (C=O) groups is 1. The summed E-state index contributed by atoms with van der Waals surface area (Å²) in [6.45, 7) is 5.96. The molecule has 25 heavy (non-hydrogen) atoms. The van der Waals surface area contributed by atoms with Crippen LogP contribution in [0.25, 0.3) is 0 Å². The van der Waals surface area contributed by atoms with Crippen molar-refractivity contribution >= 4 is 5.91 Å². The first-order chi connectivity index (χ1) is 11.6. The molecule has 1 atom stereocenters. The van der Waals surface area contributed by atoms with Crippen LogP contribution in [0.4, 0.5) is 13.2 Å². The van der Waals surface area contributed by atoms with Crippen molar-refractivity contribution in [2.24, 2.45) is 11.3 Å². The molecule has 0 radical (unpaired) electrons. The van der Waals surface area contributed by atoms with E-state index in [0.29, 0.717) is 12.1 Å². The zero-order valence-corrected chi connectivity index (χ0v) is 14.7. The van der Waals surface area contributed by atoms with Gasteiger partial charge in [-0.25, -0.2) is 0 Å². The quantitative estimate of drug-likeness (QED) is 0.869. The Morgan fingerprint density at radius 2 is 1.88 bits per heavy atom. The Hall–Kier alpha value is -1.56. The van der Waals surface area contributed by atoms with Crippen molar-refractivity contribution < 1.29 is 18.0 Å². The molecule has 2 N–H and O–H groups in total. The number of hydrogen-bond donors (Lipinski definition) is 2. The molecular formula is C19H25F3N2O. The Bertz CT molecular complexity index is 648. The Morgan fingerprint density at radius 3 is 2.52 bits per heavy atom. The molecule has 1 spiro atoms. The summed E-state index contributed by atoms with van der Waals surface area (Å²) in [7, 11) is 0. The number of hydrogen-bond acceptors (Lipinski definition) is 2. The molecule has 6 heteroatoms. The second-order valence-corrected chi connectivity index (χ2v) is 8.05. The van der Waals surface area contributed by atoms with Crippen LogP contribution < -0.4 is 10.6 Å². The molecule has 1 aromatic carbocycles. The summed E-state index contributed by atoms with van der Waals surface area (Å²) in [5, 5.41) is 6.28. The number of rotatable bonds is 4. The van der Waals surface area contributed by atoms with E-state index < -0.39 is 17.2 Å². The summed E-state index contributed by atoms with van der Waals surface area (Å²) in [4.78, 5) is 12.5. The summed E-state index contributed by atoms with van der Waals surface area (Å²) < 4.78 is 38.7. The van der Waals surface area contributed by atoms with Crippen LogP contribution in [0.1, 0.15) is 44.2 Å². The minimum atomic E-state index is -4.36. The molecule has 1 aromatic rings. The van der Waals surface area contributed by atoms with E-state index in [1.807, 2.05) is 13.8 Å². The number of carbonyl (C=O) groups excluding carboxylic acids is 1. The van der Waals surface area contributed by atoms with E-state index in [0.717, 1.165) is 38.4 Å². The van der Waals surface area contributed by atoms with Crippen molar-refractivity contribution in [1.82, 2.24) is 10.6 Å². The summed E-state index contributed by atoms with van der Waals surface area (Å²) in [5.74, 6) is 0.105. The van der Waals surface area contributed by atoms with Crippen molar-refractivity contribution in [3.8, 4) is 0 Å². The van der Waals surface area contributed by atoms with Gasteiger partial charge in [-0.15, -0.1) is 0 Å². The SMILES string of the molecule is CC(C)(CNC(=O)C1CC12CCNCC2)c1cccc(C(F)(F)F)c1. The Labute approximate surface area is 146 Å². The predicted octanol–water partition coefficient (Wildman–Crippen LogP) is 3.49. The van der Waals surface area contributed by atoms with Crippen molar-refractivity contribution in [3.63, 3.8) is 0 Å². The fourth-order valence-corrected chi connectivity index (χ4v) is 3.85. The molecule has 1 unspecified atom stereocenters. The second kappa shape index (κ2) is 6.31. The number of piperidine rings is 1. The van der Waals surface area contributed by atoms with Gasteiger partial charge in [-0.3, -0.25) is 4.79 Å². The zero-order valence-electron chi connectivity index (χ0n) is 14.7. The zero-order chi connectivity index (χ0) is 18.3. The van der Waals surface area contributed by atoms with Gasteiger partial charge in [0.15, 0.2) is 0 Å². The summed E-state index contributed by atoms with van der Waals surface area (Å²) in [5.41, 5.74) is -0.474. The average molecular weight is 354 g/mol. The molecule has 1 saturated carbocycles. The maximum absolute atomic E-state index is 12.9. The van der Waals surface area contributed by atoms with Gasteiger partial charge in [-0.05, 0) is 49.4 Å². The topological polar surface area (TPSA) is 41.1 Å². The molecule has 2 fully saturated rings. The lowest BCUT2D eigenvalue weighted by molar-refractivity contribution is -0.137. The van der Waals surface area contributed by atoms with Crippen LogP contribution in [-0.2, 0) is 16.4 Å². The van der Waals surface area contributed by atoms with Gasteiger partial charge in [0, 0.05) is 17.9 Å². The van der Waals surface area contributed by atoms with E-state index in [1.54, 1.807) is 6.07 Å². The Balaban J connectivity index is 1.61. The number of nitrogens with one attached hydrogen (secondary N) is 2. The lowest BCUT2D eigenvalue weighted by Gasteiger charge is -2.27. The van der Waals surface area contributed by atoms with E-state index in [-0.39, 0.29) is 17.2 Å². The third-order valence-electron chi connectivity index (χ3n) is 5.78. The van der Waals surface area contributed by atoms with Gasteiger partial charge < -0.3 is 10.6 Å². The van der Waals surface area contributed by atoms with E-state index in [4.69, 9.17) is 0 Å². The maximum atomic E-state index is 12.9. The van der Waals surface area contributed by atoms with Crippen LogP contribution in [0.5, 0.6) is 0 Å². The van der Waals surface area contributed by atoms with Gasteiger partial charge in [-0.1, -0.05) is 32.0 Å².